The molecule has 0 aliphatic carbocycles. The molecule has 0 bridgehead atoms. The molecular weight excluding hydrogens is 244 g/mol. The molecule has 0 aliphatic rings. The number of nitrogens with one attached hydrogen (secondary N) is 1. The van der Waals surface area contributed by atoms with Crippen LogP contribution in [0.25, 0.3) is 0 Å². The lowest BCUT2D eigenvalue weighted by Crippen LogP contribution is -2.25. The van der Waals surface area contributed by atoms with Crippen molar-refractivity contribution in [3.05, 3.63) is 29.3 Å². The SMILES string of the molecule is N#CCCNC(=O)CSc1ccc(Cl)cc1. The Kier molecular flexibility index (Phi) is 5.76. The van der Waals surface area contributed by atoms with Crippen LogP contribution in [0.15, 0.2) is 29.2 Å². The van der Waals surface area contributed by atoms with Crippen LogP contribution in [-0.2, 0) is 4.79 Å². The minimum absolute atomic E-state index is 0.0600. The molecule has 0 spiro atoms. The lowest BCUT2D eigenvalue weighted by Gasteiger charge is -2.02. The van der Waals surface area contributed by atoms with Gasteiger partial charge in [-0.25, -0.2) is 0 Å². The zero-order valence-electron chi connectivity index (χ0n) is 8.57. The Morgan fingerprint density at radius 1 is 1.44 bits per heavy atom. The number of carbonyl (C=O) groups is 1. The van der Waals surface area contributed by atoms with Gasteiger partial charge in [-0.05, 0) is 24.3 Å². The normalized spacial score (nSPS) is 9.50. The van der Waals surface area contributed by atoms with E-state index in [4.69, 9.17) is 16.9 Å². The van der Waals surface area contributed by atoms with Crippen molar-refractivity contribution in [3.63, 3.8) is 0 Å². The van der Waals surface area contributed by atoms with Crippen molar-refractivity contribution in [2.24, 2.45) is 0 Å². The highest BCUT2D eigenvalue weighted by molar-refractivity contribution is 8.00. The van der Waals surface area contributed by atoms with Crippen molar-refractivity contribution >= 4 is 29.3 Å². The van der Waals surface area contributed by atoms with Crippen LogP contribution >= 0.6 is 23.4 Å². The molecule has 0 fully saturated rings. The third-order valence-corrected chi connectivity index (χ3v) is 3.01. The Bertz CT molecular complexity index is 386. The number of benzene rings is 1. The quantitative estimate of drug-likeness (QED) is 0.649. The van der Waals surface area contributed by atoms with Crippen molar-refractivity contribution in [2.45, 2.75) is 11.3 Å². The summed E-state index contributed by atoms with van der Waals surface area (Å²) < 4.78 is 0. The Morgan fingerprint density at radius 3 is 2.75 bits per heavy atom. The number of carbonyl (C=O) groups excluding carboxylic acids is 1. The van der Waals surface area contributed by atoms with Gasteiger partial charge in [-0.15, -0.1) is 11.8 Å². The molecule has 0 heterocycles. The van der Waals surface area contributed by atoms with Crippen molar-refractivity contribution in [1.29, 1.82) is 5.26 Å². The second-order valence-electron chi connectivity index (χ2n) is 3.00. The van der Waals surface area contributed by atoms with E-state index in [1.165, 1.54) is 11.8 Å². The number of nitriles is 1. The van der Waals surface area contributed by atoms with E-state index in [9.17, 15) is 4.79 Å². The average Bonchev–Trinajstić information content (AvgIpc) is 2.29. The molecule has 1 aromatic carbocycles. The summed E-state index contributed by atoms with van der Waals surface area (Å²) in [5.41, 5.74) is 0. The van der Waals surface area contributed by atoms with Crippen LogP contribution < -0.4 is 5.32 Å². The van der Waals surface area contributed by atoms with E-state index in [1.54, 1.807) is 12.1 Å². The van der Waals surface area contributed by atoms with Gasteiger partial charge < -0.3 is 5.32 Å². The number of hydrogen-bond donors (Lipinski definition) is 1. The predicted octanol–water partition coefficient (Wildman–Crippen LogP) is 2.46. The molecule has 0 radical (unpaired) electrons. The largest absolute Gasteiger partial charge is 0.354 e. The number of amides is 1. The van der Waals surface area contributed by atoms with Crippen LogP contribution in [0.2, 0.25) is 5.02 Å². The lowest BCUT2D eigenvalue weighted by atomic mass is 10.4. The van der Waals surface area contributed by atoms with Gasteiger partial charge >= 0.3 is 0 Å². The highest BCUT2D eigenvalue weighted by Gasteiger charge is 2.01. The Labute approximate surface area is 104 Å². The van der Waals surface area contributed by atoms with E-state index in [0.717, 1.165) is 4.90 Å². The van der Waals surface area contributed by atoms with E-state index in [0.29, 0.717) is 23.7 Å². The standard InChI is InChI=1S/C11H11ClN2OS/c12-9-2-4-10(5-3-9)16-8-11(15)14-7-1-6-13/h2-5H,1,7-8H2,(H,14,15). The number of hydrogen-bond acceptors (Lipinski definition) is 3. The first-order valence-electron chi connectivity index (χ1n) is 4.74. The van der Waals surface area contributed by atoms with Crippen LogP contribution in [-0.4, -0.2) is 18.2 Å². The summed E-state index contributed by atoms with van der Waals surface area (Å²) in [5.74, 6) is 0.294. The minimum atomic E-state index is -0.0600. The molecule has 1 aromatic rings. The smallest absolute Gasteiger partial charge is 0.230 e. The molecule has 1 amide bonds. The van der Waals surface area contributed by atoms with Crippen molar-refractivity contribution in [2.75, 3.05) is 12.3 Å². The fourth-order valence-electron chi connectivity index (χ4n) is 0.989. The summed E-state index contributed by atoms with van der Waals surface area (Å²) in [6, 6.07) is 9.29. The Hall–Kier alpha value is -1.18. The molecule has 0 saturated carbocycles. The van der Waals surface area contributed by atoms with Gasteiger partial charge in [0.2, 0.25) is 5.91 Å². The Morgan fingerprint density at radius 2 is 2.12 bits per heavy atom. The fourth-order valence-corrected chi connectivity index (χ4v) is 1.84. The molecule has 0 aromatic heterocycles. The number of thioether (sulfide) groups is 1. The molecule has 1 rings (SSSR count). The van der Waals surface area contributed by atoms with Gasteiger partial charge in [0.15, 0.2) is 0 Å². The van der Waals surface area contributed by atoms with Gasteiger partial charge in [0.1, 0.15) is 0 Å². The maximum atomic E-state index is 11.3. The van der Waals surface area contributed by atoms with Crippen LogP contribution in [0.1, 0.15) is 6.42 Å². The van der Waals surface area contributed by atoms with E-state index < -0.39 is 0 Å². The number of rotatable bonds is 5. The van der Waals surface area contributed by atoms with Crippen molar-refractivity contribution in [1.82, 2.24) is 5.32 Å². The monoisotopic (exact) mass is 254 g/mol. The van der Waals surface area contributed by atoms with Gasteiger partial charge in [-0.3, -0.25) is 4.79 Å². The summed E-state index contributed by atoms with van der Waals surface area (Å²) in [6.07, 6.45) is 0.345. The third-order valence-electron chi connectivity index (χ3n) is 1.74. The van der Waals surface area contributed by atoms with Crippen LogP contribution in [0.3, 0.4) is 0 Å². The maximum Gasteiger partial charge on any atom is 0.230 e. The molecular formula is C11H11ClN2OS. The lowest BCUT2D eigenvalue weighted by molar-refractivity contribution is -0.118. The molecule has 0 aliphatic heterocycles. The van der Waals surface area contributed by atoms with E-state index in [1.807, 2.05) is 18.2 Å². The third kappa shape index (κ3) is 5.06. The first-order chi connectivity index (χ1) is 7.72. The highest BCUT2D eigenvalue weighted by atomic mass is 35.5. The first-order valence-corrected chi connectivity index (χ1v) is 6.11. The molecule has 16 heavy (non-hydrogen) atoms. The maximum absolute atomic E-state index is 11.3. The zero-order chi connectivity index (χ0) is 11.8. The molecule has 3 nitrogen and oxygen atoms in total. The molecule has 5 heteroatoms. The molecule has 0 atom stereocenters. The summed E-state index contributed by atoms with van der Waals surface area (Å²) in [7, 11) is 0. The fraction of sp³-hybridized carbons (Fsp3) is 0.273. The summed E-state index contributed by atoms with van der Waals surface area (Å²) >= 11 is 7.18. The summed E-state index contributed by atoms with van der Waals surface area (Å²) in [4.78, 5) is 12.3. The Balaban J connectivity index is 2.26. The first kappa shape index (κ1) is 12.9. The average molecular weight is 255 g/mol. The molecule has 0 saturated heterocycles. The van der Waals surface area contributed by atoms with Gasteiger partial charge in [-0.1, -0.05) is 11.6 Å². The van der Waals surface area contributed by atoms with Gasteiger partial charge in [0.25, 0.3) is 0 Å². The van der Waals surface area contributed by atoms with Gasteiger partial charge in [-0.2, -0.15) is 5.26 Å². The minimum Gasteiger partial charge on any atom is -0.354 e. The molecule has 84 valence electrons. The van der Waals surface area contributed by atoms with Crippen molar-refractivity contribution < 1.29 is 4.79 Å². The molecule has 0 unspecified atom stereocenters. The van der Waals surface area contributed by atoms with E-state index >= 15 is 0 Å². The van der Waals surface area contributed by atoms with E-state index in [-0.39, 0.29) is 5.91 Å². The number of nitrogens with zero attached hydrogens (tertiary/aromatic N) is 1. The van der Waals surface area contributed by atoms with Crippen LogP contribution in [0, 0.1) is 11.3 Å². The second-order valence-corrected chi connectivity index (χ2v) is 4.49. The van der Waals surface area contributed by atoms with Crippen LogP contribution in [0.5, 0.6) is 0 Å². The van der Waals surface area contributed by atoms with Crippen LogP contribution in [0.4, 0.5) is 0 Å². The topological polar surface area (TPSA) is 52.9 Å². The van der Waals surface area contributed by atoms with Crippen molar-refractivity contribution in [3.8, 4) is 6.07 Å². The summed E-state index contributed by atoms with van der Waals surface area (Å²) in [5, 5.41) is 11.6. The highest BCUT2D eigenvalue weighted by Crippen LogP contribution is 2.19. The van der Waals surface area contributed by atoms with Gasteiger partial charge in [0, 0.05) is 16.5 Å². The molecule has 1 N–H and O–H groups in total. The zero-order valence-corrected chi connectivity index (χ0v) is 10.1. The number of halogens is 1. The predicted molar refractivity (Wildman–Crippen MR) is 65.4 cm³/mol. The van der Waals surface area contributed by atoms with Gasteiger partial charge in [0.05, 0.1) is 18.2 Å². The van der Waals surface area contributed by atoms with E-state index in [2.05, 4.69) is 5.32 Å². The summed E-state index contributed by atoms with van der Waals surface area (Å²) in [6.45, 7) is 0.413. The second kappa shape index (κ2) is 7.15.